The summed E-state index contributed by atoms with van der Waals surface area (Å²) in [7, 11) is -2.08. The lowest BCUT2D eigenvalue weighted by molar-refractivity contribution is 0.669. The topological polar surface area (TPSA) is 18.1 Å². The van der Waals surface area contributed by atoms with Crippen molar-refractivity contribution in [3.05, 3.63) is 115 Å². The van der Waals surface area contributed by atoms with Crippen molar-refractivity contribution in [3.63, 3.8) is 0 Å². The fraction of sp³-hybridized carbons (Fsp3) is 0.0526. The molecule has 0 radical (unpaired) electrons. The van der Waals surface area contributed by atoms with Crippen LogP contribution in [0.3, 0.4) is 0 Å². The maximum atomic E-state index is 6.41. The molecule has 198 valence electrons. The van der Waals surface area contributed by atoms with Gasteiger partial charge in [0.05, 0.1) is 11.0 Å². The molecule has 4 heteroatoms. The molecule has 0 saturated carbocycles. The van der Waals surface area contributed by atoms with Crippen LogP contribution in [0.5, 0.6) is 0 Å². The molecule has 0 unspecified atom stereocenters. The third-order valence-electron chi connectivity index (χ3n) is 9.56. The summed E-state index contributed by atoms with van der Waals surface area (Å²) in [5.74, 6) is 0. The van der Waals surface area contributed by atoms with Crippen molar-refractivity contribution >= 4 is 93.7 Å². The third-order valence-corrected chi connectivity index (χ3v) is 14.2. The van der Waals surface area contributed by atoms with Crippen LogP contribution in [0.15, 0.2) is 120 Å². The lowest BCUT2D eigenvalue weighted by Crippen LogP contribution is -2.53. The van der Waals surface area contributed by atoms with Crippen molar-refractivity contribution < 1.29 is 4.42 Å². The lowest BCUT2D eigenvalue weighted by atomic mass is 10.00. The Balaban J connectivity index is 1.29. The molecule has 10 rings (SSSR count). The van der Waals surface area contributed by atoms with Gasteiger partial charge in [-0.25, -0.2) is 0 Å². The van der Waals surface area contributed by atoms with Crippen molar-refractivity contribution in [2.24, 2.45) is 0 Å². The molecule has 0 fully saturated rings. The molecule has 0 bridgehead atoms. The van der Waals surface area contributed by atoms with E-state index in [1.807, 2.05) is 11.3 Å². The van der Waals surface area contributed by atoms with Crippen LogP contribution in [0.4, 0.5) is 0 Å². The molecule has 0 amide bonds. The minimum atomic E-state index is -2.08. The predicted octanol–water partition coefficient (Wildman–Crippen LogP) is 9.85. The second kappa shape index (κ2) is 7.80. The largest absolute Gasteiger partial charge is 0.456 e. The summed E-state index contributed by atoms with van der Waals surface area (Å²) in [5, 5.41) is 11.1. The zero-order valence-corrected chi connectivity index (χ0v) is 25.0. The third kappa shape index (κ3) is 2.79. The highest BCUT2D eigenvalue weighted by atomic mass is 32.1. The first-order valence-corrected chi connectivity index (χ1v) is 18.3. The van der Waals surface area contributed by atoms with E-state index in [9.17, 15) is 0 Å². The minimum absolute atomic E-state index is 1.01. The second-order valence-electron chi connectivity index (χ2n) is 12.1. The van der Waals surface area contributed by atoms with Gasteiger partial charge in [-0.15, -0.1) is 11.3 Å². The average molecular weight is 572 g/mol. The molecule has 0 aliphatic carbocycles. The number of aromatic nitrogens is 1. The van der Waals surface area contributed by atoms with Crippen LogP contribution in [0.2, 0.25) is 13.1 Å². The summed E-state index contributed by atoms with van der Waals surface area (Å²) in [6.07, 6.45) is 0. The first-order chi connectivity index (χ1) is 20.6. The smallest absolute Gasteiger partial charge is 0.136 e. The van der Waals surface area contributed by atoms with Crippen molar-refractivity contribution in [1.82, 2.24) is 4.57 Å². The van der Waals surface area contributed by atoms with Gasteiger partial charge in [0.15, 0.2) is 0 Å². The van der Waals surface area contributed by atoms with E-state index < -0.39 is 8.07 Å². The minimum Gasteiger partial charge on any atom is -0.456 e. The monoisotopic (exact) mass is 571 g/mol. The van der Waals surface area contributed by atoms with Crippen molar-refractivity contribution in [3.8, 4) is 16.8 Å². The molecule has 6 aromatic carbocycles. The molecule has 1 aliphatic heterocycles. The molecule has 2 nitrogen and oxygen atoms in total. The Kier molecular flexibility index (Phi) is 4.26. The van der Waals surface area contributed by atoms with Crippen LogP contribution in [0, 0.1) is 0 Å². The molecule has 9 aromatic rings. The lowest BCUT2D eigenvalue weighted by Gasteiger charge is -2.25. The van der Waals surface area contributed by atoms with E-state index in [1.165, 1.54) is 79.9 Å². The van der Waals surface area contributed by atoms with Gasteiger partial charge < -0.3 is 8.98 Å². The molecular weight excluding hydrogens is 547 g/mol. The number of benzene rings is 6. The molecular formula is C38H25NOSSi. The van der Waals surface area contributed by atoms with Gasteiger partial charge in [-0.2, -0.15) is 0 Å². The maximum absolute atomic E-state index is 6.41. The van der Waals surface area contributed by atoms with Crippen molar-refractivity contribution in [1.29, 1.82) is 0 Å². The Bertz CT molecular complexity index is 2600. The maximum Gasteiger partial charge on any atom is 0.136 e. The van der Waals surface area contributed by atoms with E-state index in [-0.39, 0.29) is 0 Å². The first kappa shape index (κ1) is 23.0. The van der Waals surface area contributed by atoms with E-state index in [1.54, 1.807) is 0 Å². The summed E-state index contributed by atoms with van der Waals surface area (Å²) in [6.45, 7) is 5.04. The Morgan fingerprint density at radius 1 is 0.548 bits per heavy atom. The zero-order chi connectivity index (χ0) is 27.7. The van der Waals surface area contributed by atoms with Gasteiger partial charge in [-0.1, -0.05) is 73.8 Å². The van der Waals surface area contributed by atoms with E-state index in [0.29, 0.717) is 0 Å². The van der Waals surface area contributed by atoms with Crippen molar-refractivity contribution in [2.45, 2.75) is 13.1 Å². The van der Waals surface area contributed by atoms with Crippen LogP contribution >= 0.6 is 11.3 Å². The Labute approximate surface area is 247 Å². The number of thiophene rings is 1. The normalized spacial score (nSPS) is 14.1. The number of hydrogen-bond acceptors (Lipinski definition) is 2. The number of furan rings is 1. The molecule has 0 N–H and O–H groups in total. The quantitative estimate of drug-likeness (QED) is 0.189. The van der Waals surface area contributed by atoms with Gasteiger partial charge in [-0.3, -0.25) is 0 Å². The first-order valence-electron chi connectivity index (χ1n) is 14.5. The molecule has 42 heavy (non-hydrogen) atoms. The SMILES string of the molecule is C[Si]1(C)c2cccc3oc4ccc5sc6cc(-c7ccc8c(c7)c7ccccc7n8-c7ccccc7)cc1c6c5c4c23. The summed E-state index contributed by atoms with van der Waals surface area (Å²) in [4.78, 5) is 0. The highest BCUT2D eigenvalue weighted by molar-refractivity contribution is 7.26. The summed E-state index contributed by atoms with van der Waals surface area (Å²) >= 11 is 1.93. The van der Waals surface area contributed by atoms with Crippen molar-refractivity contribution in [2.75, 3.05) is 0 Å². The van der Waals surface area contributed by atoms with Crippen LogP contribution < -0.4 is 10.4 Å². The van der Waals surface area contributed by atoms with Gasteiger partial charge in [0.25, 0.3) is 0 Å². The van der Waals surface area contributed by atoms with Gasteiger partial charge in [0.1, 0.15) is 19.2 Å². The second-order valence-corrected chi connectivity index (χ2v) is 17.5. The average Bonchev–Trinajstić information content (AvgIpc) is 3.67. The zero-order valence-electron chi connectivity index (χ0n) is 23.2. The fourth-order valence-corrected chi connectivity index (χ4v) is 12.0. The van der Waals surface area contributed by atoms with Gasteiger partial charge >= 0.3 is 0 Å². The Morgan fingerprint density at radius 3 is 2.26 bits per heavy atom. The predicted molar refractivity (Wildman–Crippen MR) is 183 cm³/mol. The van der Waals surface area contributed by atoms with Crippen LogP contribution in [0.25, 0.3) is 80.7 Å². The number of nitrogens with zero attached hydrogens (tertiary/aromatic N) is 1. The van der Waals surface area contributed by atoms with Gasteiger partial charge in [-0.05, 0) is 76.1 Å². The molecule has 0 saturated heterocycles. The molecule has 0 spiro atoms. The van der Waals surface area contributed by atoms with Crippen LogP contribution in [-0.2, 0) is 0 Å². The Morgan fingerprint density at radius 2 is 1.36 bits per heavy atom. The number of hydrogen-bond donors (Lipinski definition) is 0. The highest BCUT2D eigenvalue weighted by Gasteiger charge is 2.36. The standard InChI is InChI=1S/C38H25NOSSi/c1-42(2)33-14-8-13-29-35(33)36-30(40-29)17-18-31-38(36)37-32(41-31)20-23(21-34(37)42)22-15-16-28-26(19-22)25-11-6-7-12-27(25)39(28)24-9-4-3-5-10-24/h3-21H,1-2H3. The number of rotatable bonds is 2. The fourth-order valence-electron chi connectivity index (χ4n) is 7.63. The summed E-state index contributed by atoms with van der Waals surface area (Å²) in [6, 6.07) is 42.6. The highest BCUT2D eigenvalue weighted by Crippen LogP contribution is 2.45. The van der Waals surface area contributed by atoms with E-state index in [0.717, 1.165) is 11.2 Å². The summed E-state index contributed by atoms with van der Waals surface area (Å²) in [5.41, 5.74) is 8.27. The molecule has 4 heterocycles. The van der Waals surface area contributed by atoms with Crippen LogP contribution in [0.1, 0.15) is 0 Å². The van der Waals surface area contributed by atoms with E-state index >= 15 is 0 Å². The molecule has 0 atom stereocenters. The number of para-hydroxylation sites is 2. The van der Waals surface area contributed by atoms with Crippen LogP contribution in [-0.4, -0.2) is 12.6 Å². The molecule has 3 aromatic heterocycles. The molecule has 1 aliphatic rings. The number of fused-ring (bicyclic) bond motifs is 3. The Hall–Kier alpha value is -4.64. The van der Waals surface area contributed by atoms with E-state index in [4.69, 9.17) is 4.42 Å². The van der Waals surface area contributed by atoms with Gasteiger partial charge in [0.2, 0.25) is 0 Å². The summed E-state index contributed by atoms with van der Waals surface area (Å²) < 4.78 is 11.5. The van der Waals surface area contributed by atoms with E-state index in [2.05, 4.69) is 133 Å². The van der Waals surface area contributed by atoms with Gasteiger partial charge in [0, 0.05) is 47.4 Å².